The molecule has 1 aliphatic carbocycles. The third kappa shape index (κ3) is 3.42. The van der Waals surface area contributed by atoms with Gasteiger partial charge in [-0.3, -0.25) is 10.1 Å². The second-order valence-corrected chi connectivity index (χ2v) is 7.25. The van der Waals surface area contributed by atoms with Crippen LogP contribution in [-0.2, 0) is 16.9 Å². The molecule has 0 saturated heterocycles. The summed E-state index contributed by atoms with van der Waals surface area (Å²) in [5.41, 5.74) is 3.53. The first kappa shape index (κ1) is 18.9. The molecule has 1 atom stereocenters. The molecule has 0 unspecified atom stereocenters. The minimum Gasteiger partial charge on any atom is -0.418 e. The third-order valence-electron chi connectivity index (χ3n) is 4.89. The molecule has 1 aromatic carbocycles. The van der Waals surface area contributed by atoms with Gasteiger partial charge in [0, 0.05) is 30.8 Å². The van der Waals surface area contributed by atoms with Crippen LogP contribution in [0, 0.1) is 17.8 Å². The molecule has 2 heterocycles. The van der Waals surface area contributed by atoms with E-state index in [0.717, 1.165) is 12.8 Å². The maximum Gasteiger partial charge on any atom is 0.413 e. The van der Waals surface area contributed by atoms with Crippen LogP contribution in [0.25, 0.3) is 0 Å². The van der Waals surface area contributed by atoms with E-state index < -0.39 is 23.2 Å². The van der Waals surface area contributed by atoms with Crippen LogP contribution < -0.4 is 16.6 Å². The lowest BCUT2D eigenvalue weighted by molar-refractivity contribution is -0.142. The highest BCUT2D eigenvalue weighted by atomic mass is 19.3. The number of carbonyl (C=O) groups excluding carboxylic acids is 1. The number of nitrogen functional groups attached to an aromatic ring is 1. The van der Waals surface area contributed by atoms with Gasteiger partial charge >= 0.3 is 6.09 Å². The fourth-order valence-electron chi connectivity index (χ4n) is 3.18. The zero-order valence-corrected chi connectivity index (χ0v) is 15.5. The van der Waals surface area contributed by atoms with Crippen molar-refractivity contribution in [3.05, 3.63) is 52.1 Å². The Labute approximate surface area is 164 Å². The second kappa shape index (κ2) is 6.58. The lowest BCUT2D eigenvalue weighted by atomic mass is 9.85. The van der Waals surface area contributed by atoms with Crippen molar-refractivity contribution in [3.8, 4) is 11.8 Å². The first-order chi connectivity index (χ1) is 13.7. The van der Waals surface area contributed by atoms with E-state index in [0.29, 0.717) is 12.5 Å². The Balaban J connectivity index is 1.78. The van der Waals surface area contributed by atoms with Gasteiger partial charge in [0.25, 0.3) is 17.1 Å². The van der Waals surface area contributed by atoms with E-state index in [-0.39, 0.29) is 29.5 Å². The minimum absolute atomic E-state index is 0.0505. The fourth-order valence-corrected chi connectivity index (χ4v) is 3.18. The number of hydrogen-bond acceptors (Lipinski definition) is 5. The second-order valence-electron chi connectivity index (χ2n) is 7.25. The summed E-state index contributed by atoms with van der Waals surface area (Å²) < 4.78 is 35.7. The van der Waals surface area contributed by atoms with Gasteiger partial charge < -0.3 is 15.0 Å². The van der Waals surface area contributed by atoms with Crippen molar-refractivity contribution in [2.75, 3.05) is 11.1 Å². The van der Waals surface area contributed by atoms with Crippen LogP contribution in [-0.4, -0.2) is 21.6 Å². The molecule has 1 fully saturated rings. The molecule has 150 valence electrons. The molecular formula is C20H18F2N4O3. The van der Waals surface area contributed by atoms with Crippen molar-refractivity contribution >= 4 is 17.6 Å². The largest absolute Gasteiger partial charge is 0.418 e. The Morgan fingerprint density at radius 1 is 1.41 bits per heavy atom. The van der Waals surface area contributed by atoms with Crippen LogP contribution in [0.1, 0.15) is 30.9 Å². The Kier molecular flexibility index (Phi) is 4.30. The number of nitrogens with zero attached hydrogens (tertiary/aromatic N) is 2. The van der Waals surface area contributed by atoms with Gasteiger partial charge in [0.15, 0.2) is 5.82 Å². The van der Waals surface area contributed by atoms with Gasteiger partial charge in [-0.1, -0.05) is 18.1 Å². The molecular weight excluding hydrogens is 382 g/mol. The normalized spacial score (nSPS) is 20.7. The first-order valence-corrected chi connectivity index (χ1v) is 9.04. The minimum atomic E-state index is -3.43. The SMILES string of the molecule is CC(F)(F)[C@@]1(C#CC2CC2)OC(=O)Nc2cc(Cn3ccnc(N)c3=O)ccc21. The topological polar surface area (TPSA) is 99.2 Å². The molecule has 1 amide bonds. The average Bonchev–Trinajstić information content (AvgIpc) is 3.46. The molecule has 4 rings (SSSR count). The molecule has 3 N–H and O–H groups in total. The van der Waals surface area contributed by atoms with Gasteiger partial charge in [0.1, 0.15) is 0 Å². The van der Waals surface area contributed by atoms with Crippen LogP contribution in [0.5, 0.6) is 0 Å². The van der Waals surface area contributed by atoms with E-state index in [1.807, 2.05) is 0 Å². The zero-order valence-electron chi connectivity index (χ0n) is 15.5. The summed E-state index contributed by atoms with van der Waals surface area (Å²) in [5, 5.41) is 2.46. The number of cyclic esters (lactones) is 1. The van der Waals surface area contributed by atoms with E-state index in [9.17, 15) is 18.4 Å². The number of nitrogens with one attached hydrogen (secondary N) is 1. The number of ether oxygens (including phenoxy) is 1. The van der Waals surface area contributed by atoms with Crippen LogP contribution in [0.15, 0.2) is 35.4 Å². The number of nitrogens with two attached hydrogens (primary N) is 1. The maximum atomic E-state index is 14.7. The first-order valence-electron chi connectivity index (χ1n) is 9.04. The predicted octanol–water partition coefficient (Wildman–Crippen LogP) is 2.70. The van der Waals surface area contributed by atoms with Crippen LogP contribution in [0.4, 0.5) is 25.1 Å². The molecule has 9 heteroatoms. The zero-order chi connectivity index (χ0) is 20.8. The Bertz CT molecular complexity index is 1110. The van der Waals surface area contributed by atoms with Gasteiger partial charge in [-0.2, -0.15) is 0 Å². The number of rotatable bonds is 3. The third-order valence-corrected chi connectivity index (χ3v) is 4.89. The highest BCUT2D eigenvalue weighted by Gasteiger charge is 2.57. The Morgan fingerprint density at radius 3 is 2.86 bits per heavy atom. The number of aromatic nitrogens is 2. The predicted molar refractivity (Wildman–Crippen MR) is 101 cm³/mol. The lowest BCUT2D eigenvalue weighted by Gasteiger charge is -2.38. The van der Waals surface area contributed by atoms with Crippen molar-refractivity contribution < 1.29 is 18.3 Å². The van der Waals surface area contributed by atoms with E-state index >= 15 is 0 Å². The molecule has 1 aliphatic heterocycles. The maximum absolute atomic E-state index is 14.7. The number of carbonyl (C=O) groups is 1. The Morgan fingerprint density at radius 2 is 2.17 bits per heavy atom. The van der Waals surface area contributed by atoms with E-state index in [1.165, 1.54) is 29.1 Å². The van der Waals surface area contributed by atoms with Gasteiger partial charge in [0.2, 0.25) is 0 Å². The highest BCUT2D eigenvalue weighted by Crippen LogP contribution is 2.46. The molecule has 0 spiro atoms. The van der Waals surface area contributed by atoms with Gasteiger partial charge in [0.05, 0.1) is 12.2 Å². The van der Waals surface area contributed by atoms with Crippen LogP contribution >= 0.6 is 0 Å². The van der Waals surface area contributed by atoms with Crippen molar-refractivity contribution in [2.45, 2.75) is 37.8 Å². The summed E-state index contributed by atoms with van der Waals surface area (Å²) in [5.74, 6) is 1.82. The standard InChI is InChI=1S/C20H18F2N4O3/c1-19(21,22)20(7-6-12-2-3-12)14-5-4-13(10-15(14)25-18(28)29-20)11-26-9-8-24-16(23)17(26)27/h4-5,8-10,12H,2-3,11H2,1H3,(H2,23,24)(H,25,28)/t20-/m0/s1. The summed E-state index contributed by atoms with van der Waals surface area (Å²) in [6, 6.07) is 4.55. The molecule has 7 nitrogen and oxygen atoms in total. The van der Waals surface area contributed by atoms with Gasteiger partial charge in [-0.05, 0) is 30.4 Å². The summed E-state index contributed by atoms with van der Waals surface area (Å²) >= 11 is 0. The van der Waals surface area contributed by atoms with E-state index in [1.54, 1.807) is 6.07 Å². The summed E-state index contributed by atoms with van der Waals surface area (Å²) in [4.78, 5) is 27.9. The highest BCUT2D eigenvalue weighted by molar-refractivity contribution is 5.90. The number of alkyl halides is 2. The van der Waals surface area contributed by atoms with Crippen molar-refractivity contribution in [2.24, 2.45) is 5.92 Å². The number of fused-ring (bicyclic) bond motifs is 1. The average molecular weight is 400 g/mol. The number of halogens is 2. The molecule has 0 radical (unpaired) electrons. The quantitative estimate of drug-likeness (QED) is 0.772. The van der Waals surface area contributed by atoms with Gasteiger partial charge in [-0.15, -0.1) is 0 Å². The summed E-state index contributed by atoms with van der Waals surface area (Å²) in [6.45, 7) is 0.809. The van der Waals surface area contributed by atoms with Crippen LogP contribution in [0.2, 0.25) is 0 Å². The molecule has 2 aromatic rings. The van der Waals surface area contributed by atoms with Crippen LogP contribution in [0.3, 0.4) is 0 Å². The fraction of sp³-hybridized carbons (Fsp3) is 0.350. The summed E-state index contributed by atoms with van der Waals surface area (Å²) in [7, 11) is 0. The number of benzene rings is 1. The number of anilines is 2. The monoisotopic (exact) mass is 400 g/mol. The van der Waals surface area contributed by atoms with Crippen molar-refractivity contribution in [1.82, 2.24) is 9.55 Å². The summed E-state index contributed by atoms with van der Waals surface area (Å²) in [6.07, 6.45) is 3.54. The van der Waals surface area contributed by atoms with E-state index in [4.69, 9.17) is 10.5 Å². The molecule has 1 saturated carbocycles. The van der Waals surface area contributed by atoms with Crippen molar-refractivity contribution in [3.63, 3.8) is 0 Å². The number of amides is 1. The lowest BCUT2D eigenvalue weighted by Crippen LogP contribution is -2.50. The smallest absolute Gasteiger partial charge is 0.413 e. The molecule has 2 aliphatic rings. The molecule has 1 aromatic heterocycles. The van der Waals surface area contributed by atoms with E-state index in [2.05, 4.69) is 22.1 Å². The molecule has 29 heavy (non-hydrogen) atoms. The van der Waals surface area contributed by atoms with Gasteiger partial charge in [-0.25, -0.2) is 18.6 Å². The Hall–Kier alpha value is -3.41. The van der Waals surface area contributed by atoms with Crippen molar-refractivity contribution in [1.29, 1.82) is 0 Å². The molecule has 0 bridgehead atoms. The number of hydrogen-bond donors (Lipinski definition) is 2.